The number of carbonyl (C=O) groups excluding carboxylic acids is 2. The number of halogens is 2. The van der Waals surface area contributed by atoms with Crippen molar-refractivity contribution in [3.8, 4) is 0 Å². The van der Waals surface area contributed by atoms with E-state index in [1.807, 2.05) is 0 Å². The number of aryl methyl sites for hydroxylation is 1. The molecule has 0 aliphatic carbocycles. The maximum absolute atomic E-state index is 13.7. The van der Waals surface area contributed by atoms with Crippen molar-refractivity contribution in [2.45, 2.75) is 11.8 Å². The van der Waals surface area contributed by atoms with Crippen molar-refractivity contribution in [1.29, 1.82) is 0 Å². The van der Waals surface area contributed by atoms with Crippen LogP contribution in [0, 0.1) is 12.7 Å². The molecule has 3 rings (SSSR count). The quantitative estimate of drug-likeness (QED) is 0.481. The van der Waals surface area contributed by atoms with Gasteiger partial charge < -0.3 is 10.6 Å². The molecule has 32 heavy (non-hydrogen) atoms. The molecule has 10 heteroatoms. The molecule has 3 N–H and O–H groups in total. The molecule has 0 bridgehead atoms. The minimum Gasteiger partial charge on any atom is -0.343 e. The summed E-state index contributed by atoms with van der Waals surface area (Å²) in [5.74, 6) is -2.04. The van der Waals surface area contributed by atoms with Gasteiger partial charge in [-0.05, 0) is 61.0 Å². The lowest BCUT2D eigenvalue weighted by molar-refractivity contribution is -0.115. The van der Waals surface area contributed by atoms with Gasteiger partial charge in [0.05, 0.1) is 17.0 Å². The van der Waals surface area contributed by atoms with Gasteiger partial charge in [-0.2, -0.15) is 0 Å². The topological polar surface area (TPSA) is 104 Å². The third-order valence-electron chi connectivity index (χ3n) is 4.39. The van der Waals surface area contributed by atoms with E-state index in [0.717, 1.165) is 6.07 Å². The lowest BCUT2D eigenvalue weighted by Crippen LogP contribution is -2.33. The summed E-state index contributed by atoms with van der Waals surface area (Å²) < 4.78 is 41.7. The minimum atomic E-state index is -3.94. The summed E-state index contributed by atoms with van der Waals surface area (Å²) in [4.78, 5) is 24.2. The number of sulfonamides is 1. The van der Waals surface area contributed by atoms with E-state index in [2.05, 4.69) is 15.4 Å². The molecule has 0 fully saturated rings. The molecule has 0 spiro atoms. The summed E-state index contributed by atoms with van der Waals surface area (Å²) in [6.07, 6.45) is 0. The predicted octanol–water partition coefficient (Wildman–Crippen LogP) is 3.96. The molecule has 7 nitrogen and oxygen atoms in total. The number of amides is 2. The molecule has 0 aromatic heterocycles. The van der Waals surface area contributed by atoms with Crippen LogP contribution in [-0.4, -0.2) is 26.8 Å². The largest absolute Gasteiger partial charge is 0.343 e. The summed E-state index contributed by atoms with van der Waals surface area (Å²) in [5.41, 5.74) is 0.839. The maximum atomic E-state index is 13.7. The second kappa shape index (κ2) is 9.80. The maximum Gasteiger partial charge on any atom is 0.262 e. The normalized spacial score (nSPS) is 11.0. The van der Waals surface area contributed by atoms with E-state index in [-0.39, 0.29) is 16.1 Å². The minimum absolute atomic E-state index is 0.0272. The van der Waals surface area contributed by atoms with Gasteiger partial charge in [-0.15, -0.1) is 0 Å². The fourth-order valence-corrected chi connectivity index (χ4v) is 4.26. The van der Waals surface area contributed by atoms with E-state index in [1.165, 1.54) is 42.5 Å². The Kier molecular flexibility index (Phi) is 7.12. The molecule has 0 saturated heterocycles. The monoisotopic (exact) mass is 475 g/mol. The molecule has 2 amide bonds. The van der Waals surface area contributed by atoms with E-state index in [9.17, 15) is 22.4 Å². The van der Waals surface area contributed by atoms with Crippen molar-refractivity contribution in [2.75, 3.05) is 16.6 Å². The summed E-state index contributed by atoms with van der Waals surface area (Å²) in [7, 11) is -3.94. The number of nitrogens with one attached hydrogen (secondary N) is 3. The van der Waals surface area contributed by atoms with Gasteiger partial charge in [0.1, 0.15) is 5.82 Å². The molecular weight excluding hydrogens is 457 g/mol. The van der Waals surface area contributed by atoms with Crippen LogP contribution in [0.1, 0.15) is 15.9 Å². The fraction of sp³-hybridized carbons (Fsp3) is 0.0909. The van der Waals surface area contributed by atoms with E-state index in [4.69, 9.17) is 11.6 Å². The predicted molar refractivity (Wildman–Crippen MR) is 121 cm³/mol. The summed E-state index contributed by atoms with van der Waals surface area (Å²) in [6.45, 7) is 1.20. The van der Waals surface area contributed by atoms with Crippen LogP contribution in [0.2, 0.25) is 5.02 Å². The summed E-state index contributed by atoms with van der Waals surface area (Å²) in [5, 5.41) is 5.31. The van der Waals surface area contributed by atoms with Crippen LogP contribution in [-0.2, 0) is 14.8 Å². The van der Waals surface area contributed by atoms with Crippen molar-refractivity contribution in [3.63, 3.8) is 0 Å². The van der Waals surface area contributed by atoms with E-state index in [0.29, 0.717) is 16.3 Å². The number of benzene rings is 3. The van der Waals surface area contributed by atoms with Gasteiger partial charge in [-0.25, -0.2) is 12.8 Å². The molecule has 0 saturated carbocycles. The number of rotatable bonds is 7. The Labute approximate surface area is 189 Å². The van der Waals surface area contributed by atoms with Crippen LogP contribution < -0.4 is 15.4 Å². The van der Waals surface area contributed by atoms with E-state index >= 15 is 0 Å². The molecular formula is C22H19ClFN3O4S. The Morgan fingerprint density at radius 2 is 1.62 bits per heavy atom. The van der Waals surface area contributed by atoms with Crippen molar-refractivity contribution in [3.05, 3.63) is 88.7 Å². The van der Waals surface area contributed by atoms with Gasteiger partial charge >= 0.3 is 0 Å². The fourth-order valence-electron chi connectivity index (χ4n) is 2.80. The first-order valence-corrected chi connectivity index (χ1v) is 11.2. The Balaban J connectivity index is 1.68. The standard InChI is InChI=1S/C22H19ClFN3O4S/c1-14-6-9-17(12-20(14)32(30,31)27-16-10-7-15(23)8-11-16)26-21(28)13-25-22(29)18-4-2-3-5-19(18)24/h2-12,27H,13H2,1H3,(H,25,29)(H,26,28). The van der Waals surface area contributed by atoms with Crippen LogP contribution in [0.3, 0.4) is 0 Å². The smallest absolute Gasteiger partial charge is 0.262 e. The van der Waals surface area contributed by atoms with Crippen LogP contribution in [0.5, 0.6) is 0 Å². The Bertz CT molecular complexity index is 1260. The molecule has 0 aliphatic rings. The third kappa shape index (κ3) is 5.83. The average molecular weight is 476 g/mol. The SMILES string of the molecule is Cc1ccc(NC(=O)CNC(=O)c2ccccc2F)cc1S(=O)(=O)Nc1ccc(Cl)cc1. The van der Waals surface area contributed by atoms with E-state index in [1.54, 1.807) is 25.1 Å². The lowest BCUT2D eigenvalue weighted by atomic mass is 10.2. The van der Waals surface area contributed by atoms with Crippen molar-refractivity contribution < 1.29 is 22.4 Å². The molecule has 3 aromatic carbocycles. The highest BCUT2D eigenvalue weighted by Gasteiger charge is 2.19. The highest BCUT2D eigenvalue weighted by atomic mass is 35.5. The molecule has 166 valence electrons. The second-order valence-electron chi connectivity index (χ2n) is 6.80. The zero-order valence-corrected chi connectivity index (χ0v) is 18.4. The lowest BCUT2D eigenvalue weighted by Gasteiger charge is -2.13. The Morgan fingerprint density at radius 3 is 2.31 bits per heavy atom. The summed E-state index contributed by atoms with van der Waals surface area (Å²) in [6, 6.07) is 15.9. The Morgan fingerprint density at radius 1 is 0.969 bits per heavy atom. The van der Waals surface area contributed by atoms with E-state index < -0.39 is 34.2 Å². The highest BCUT2D eigenvalue weighted by Crippen LogP contribution is 2.23. The van der Waals surface area contributed by atoms with Gasteiger partial charge in [0.15, 0.2) is 0 Å². The first-order chi connectivity index (χ1) is 15.2. The molecule has 0 atom stereocenters. The zero-order chi connectivity index (χ0) is 23.3. The number of carbonyl (C=O) groups is 2. The zero-order valence-electron chi connectivity index (χ0n) is 16.9. The first kappa shape index (κ1) is 23.2. The van der Waals surface area contributed by atoms with Crippen molar-refractivity contribution in [1.82, 2.24) is 5.32 Å². The first-order valence-electron chi connectivity index (χ1n) is 9.37. The Hall–Kier alpha value is -3.43. The van der Waals surface area contributed by atoms with Crippen LogP contribution in [0.25, 0.3) is 0 Å². The number of hydrogen-bond acceptors (Lipinski definition) is 4. The van der Waals surface area contributed by atoms with Crippen molar-refractivity contribution >= 4 is 44.8 Å². The molecule has 0 heterocycles. The van der Waals surface area contributed by atoms with Gasteiger partial charge in [-0.3, -0.25) is 14.3 Å². The average Bonchev–Trinajstić information content (AvgIpc) is 2.75. The van der Waals surface area contributed by atoms with Gasteiger partial charge in [0.2, 0.25) is 5.91 Å². The van der Waals surface area contributed by atoms with Crippen molar-refractivity contribution in [2.24, 2.45) is 0 Å². The highest BCUT2D eigenvalue weighted by molar-refractivity contribution is 7.92. The second-order valence-corrected chi connectivity index (χ2v) is 8.89. The summed E-state index contributed by atoms with van der Waals surface area (Å²) >= 11 is 5.82. The molecule has 0 aliphatic heterocycles. The van der Waals surface area contributed by atoms with Gasteiger partial charge in [0.25, 0.3) is 15.9 Å². The molecule has 3 aromatic rings. The third-order valence-corrected chi connectivity index (χ3v) is 6.16. The number of hydrogen-bond donors (Lipinski definition) is 3. The van der Waals surface area contributed by atoms with Crippen LogP contribution >= 0.6 is 11.6 Å². The number of anilines is 2. The van der Waals surface area contributed by atoms with Gasteiger partial charge in [0, 0.05) is 16.4 Å². The van der Waals surface area contributed by atoms with Crippen LogP contribution in [0.4, 0.5) is 15.8 Å². The van der Waals surface area contributed by atoms with Crippen LogP contribution in [0.15, 0.2) is 71.6 Å². The van der Waals surface area contributed by atoms with Gasteiger partial charge in [-0.1, -0.05) is 29.8 Å². The molecule has 0 radical (unpaired) electrons. The molecule has 0 unspecified atom stereocenters.